The van der Waals surface area contributed by atoms with Crippen LogP contribution in [-0.2, 0) is 27.9 Å². The van der Waals surface area contributed by atoms with Gasteiger partial charge in [0.2, 0.25) is 0 Å². The highest BCUT2D eigenvalue weighted by atomic mass is 31.2. The van der Waals surface area contributed by atoms with Crippen LogP contribution in [0.5, 0.6) is 0 Å². The highest BCUT2D eigenvalue weighted by Crippen LogP contribution is 2.47. The number of esters is 1. The van der Waals surface area contributed by atoms with Crippen molar-refractivity contribution < 1.29 is 58.3 Å². The van der Waals surface area contributed by atoms with Crippen LogP contribution in [0.2, 0.25) is 0 Å². The molecular weight excluding hydrogens is 799 g/mol. The smallest absolute Gasteiger partial charge is 0.457 e. The number of unbranched alkanes of at least 4 members (excludes halogenated alkanes) is 29. The molecule has 1 aliphatic carbocycles. The van der Waals surface area contributed by atoms with Crippen LogP contribution in [0, 0.1) is 0 Å². The molecule has 6 N–H and O–H groups in total. The molecule has 6 atom stereocenters. The van der Waals surface area contributed by atoms with E-state index in [0.29, 0.717) is 13.0 Å². The number of carbonyl (C=O) groups excluding carboxylic acids is 1. The van der Waals surface area contributed by atoms with E-state index in [1.165, 1.54) is 161 Å². The molecule has 0 aliphatic heterocycles. The lowest BCUT2D eigenvalue weighted by atomic mass is 9.85. The number of aliphatic hydroxyl groups excluding tert-OH is 5. The molecule has 0 aromatic rings. The zero-order chi connectivity index (χ0) is 44.8. The van der Waals surface area contributed by atoms with Crippen molar-refractivity contribution in [3.05, 3.63) is 12.2 Å². The van der Waals surface area contributed by atoms with E-state index in [4.69, 9.17) is 18.5 Å². The predicted octanol–water partition coefficient (Wildman–Crippen LogP) is 10.7. The van der Waals surface area contributed by atoms with E-state index >= 15 is 0 Å². The number of ether oxygens (including phenoxy) is 2. The molecule has 1 aliphatic rings. The van der Waals surface area contributed by atoms with Gasteiger partial charge in [-0.15, -0.1) is 0 Å². The maximum Gasteiger partial charge on any atom is 0.472 e. The van der Waals surface area contributed by atoms with Gasteiger partial charge in [0.05, 0.1) is 13.2 Å². The van der Waals surface area contributed by atoms with E-state index in [1.54, 1.807) is 0 Å². The fourth-order valence-electron chi connectivity index (χ4n) is 7.88. The zero-order valence-electron chi connectivity index (χ0n) is 38.7. The van der Waals surface area contributed by atoms with Crippen molar-refractivity contribution in [1.29, 1.82) is 0 Å². The lowest BCUT2D eigenvalue weighted by molar-refractivity contribution is -0.220. The second-order valence-electron chi connectivity index (χ2n) is 17.7. The topological polar surface area (TPSA) is 192 Å². The summed E-state index contributed by atoms with van der Waals surface area (Å²) in [5, 5.41) is 50.2. The van der Waals surface area contributed by atoms with Crippen LogP contribution < -0.4 is 0 Å². The highest BCUT2D eigenvalue weighted by Gasteiger charge is 2.51. The summed E-state index contributed by atoms with van der Waals surface area (Å²) in [6.07, 6.45) is 31.3. The van der Waals surface area contributed by atoms with Crippen LogP contribution >= 0.6 is 7.82 Å². The van der Waals surface area contributed by atoms with E-state index < -0.39 is 63.1 Å². The van der Waals surface area contributed by atoms with E-state index in [0.717, 1.165) is 38.5 Å². The van der Waals surface area contributed by atoms with Crippen molar-refractivity contribution in [2.24, 2.45) is 0 Å². The van der Waals surface area contributed by atoms with E-state index in [1.807, 2.05) is 0 Å². The van der Waals surface area contributed by atoms with Crippen LogP contribution in [0.3, 0.4) is 0 Å². The number of phosphoric ester groups is 1. The first-order valence-corrected chi connectivity index (χ1v) is 26.5. The first-order chi connectivity index (χ1) is 29.5. The Morgan fingerprint density at radius 3 is 1.30 bits per heavy atom. The van der Waals surface area contributed by atoms with E-state index in [-0.39, 0.29) is 13.0 Å². The molecule has 0 bridgehead atoms. The third-order valence-electron chi connectivity index (χ3n) is 11.9. The van der Waals surface area contributed by atoms with Gasteiger partial charge in [-0.1, -0.05) is 193 Å². The highest BCUT2D eigenvalue weighted by molar-refractivity contribution is 7.47. The van der Waals surface area contributed by atoms with Gasteiger partial charge in [-0.25, -0.2) is 4.57 Å². The van der Waals surface area contributed by atoms with E-state index in [2.05, 4.69) is 26.0 Å². The van der Waals surface area contributed by atoms with E-state index in [9.17, 15) is 39.8 Å². The number of aliphatic hydroxyl groups is 5. The number of phosphoric acid groups is 1. The van der Waals surface area contributed by atoms with Crippen molar-refractivity contribution in [3.63, 3.8) is 0 Å². The molecule has 0 heterocycles. The van der Waals surface area contributed by atoms with Crippen molar-refractivity contribution >= 4 is 13.8 Å². The molecule has 12 nitrogen and oxygen atoms in total. The Morgan fingerprint density at radius 1 is 0.508 bits per heavy atom. The normalized spacial score (nSPS) is 22.2. The Kier molecular flexibility index (Phi) is 37.6. The SMILES string of the molecule is CCCCCCCCC/C=C\CCCCCCCCCCOCC(COP(=O)(O)OC1C(O)C(O)C(O)C(O)C1O)OC(=O)CCCCCCCCCCCCCCCCC. The first kappa shape index (κ1) is 58.1. The summed E-state index contributed by atoms with van der Waals surface area (Å²) in [4.78, 5) is 23.2. The zero-order valence-corrected chi connectivity index (χ0v) is 39.6. The number of hydrogen-bond acceptors (Lipinski definition) is 11. The quantitative estimate of drug-likeness (QED) is 0.0147. The minimum Gasteiger partial charge on any atom is -0.457 e. The van der Waals surface area contributed by atoms with Gasteiger partial charge in [-0.3, -0.25) is 13.8 Å². The largest absolute Gasteiger partial charge is 0.472 e. The Balaban J connectivity index is 2.34. The molecule has 0 amide bonds. The van der Waals surface area contributed by atoms with Gasteiger partial charge in [-0.2, -0.15) is 0 Å². The summed E-state index contributed by atoms with van der Waals surface area (Å²) in [5.41, 5.74) is 0. The monoisotopic (exact) mass is 893 g/mol. The van der Waals surface area contributed by atoms with Gasteiger partial charge in [0.25, 0.3) is 0 Å². The van der Waals surface area contributed by atoms with Crippen molar-refractivity contribution in [1.82, 2.24) is 0 Å². The second-order valence-corrected chi connectivity index (χ2v) is 19.1. The molecule has 0 aromatic carbocycles. The van der Waals surface area contributed by atoms with Crippen LogP contribution in [0.1, 0.15) is 226 Å². The number of hydrogen-bond donors (Lipinski definition) is 6. The number of allylic oxidation sites excluding steroid dienone is 2. The maximum atomic E-state index is 12.8. The van der Waals surface area contributed by atoms with Gasteiger partial charge in [0.15, 0.2) is 0 Å². The minimum atomic E-state index is -5.01. The summed E-state index contributed by atoms with van der Waals surface area (Å²) < 4.78 is 34.3. The summed E-state index contributed by atoms with van der Waals surface area (Å²) in [5.74, 6) is -0.474. The average molecular weight is 893 g/mol. The third kappa shape index (κ3) is 31.6. The molecule has 0 spiro atoms. The van der Waals surface area contributed by atoms with Gasteiger partial charge in [0, 0.05) is 13.0 Å². The van der Waals surface area contributed by atoms with Crippen molar-refractivity contribution in [3.8, 4) is 0 Å². The van der Waals surface area contributed by atoms with Crippen molar-refractivity contribution in [2.75, 3.05) is 19.8 Å². The molecular formula is C48H93O12P. The lowest BCUT2D eigenvalue weighted by Gasteiger charge is -2.41. The standard InChI is InChI=1S/C48H93O12P/c1-3-5-7-9-11-13-15-17-19-20-21-22-24-26-28-30-32-34-36-38-57-39-41(40-58-61(55,56)60-48-46(53)44(51)43(50)45(52)47(48)54)59-42(49)37-35-33-31-29-27-25-23-18-16-14-12-10-8-6-4-2/h19-20,41,43-48,50-54H,3-18,21-40H2,1-2H3,(H,55,56)/b20-19-. The van der Waals surface area contributed by atoms with Crippen molar-refractivity contribution in [2.45, 2.75) is 268 Å². The summed E-state index contributed by atoms with van der Waals surface area (Å²) in [6.45, 7) is 4.29. The molecule has 1 fully saturated rings. The molecule has 1 saturated carbocycles. The van der Waals surface area contributed by atoms with Crippen LogP contribution in [0.4, 0.5) is 0 Å². The fourth-order valence-corrected chi connectivity index (χ4v) is 8.85. The van der Waals surface area contributed by atoms with Gasteiger partial charge < -0.3 is 39.9 Å². The predicted molar refractivity (Wildman–Crippen MR) is 244 cm³/mol. The maximum absolute atomic E-state index is 12.8. The van der Waals surface area contributed by atoms with Gasteiger partial charge in [-0.05, 0) is 38.5 Å². The Morgan fingerprint density at radius 2 is 0.869 bits per heavy atom. The second kappa shape index (κ2) is 39.4. The first-order valence-electron chi connectivity index (χ1n) is 25.0. The van der Waals surface area contributed by atoms with Crippen LogP contribution in [0.25, 0.3) is 0 Å². The lowest BCUT2D eigenvalue weighted by Crippen LogP contribution is -2.64. The molecule has 0 saturated heterocycles. The molecule has 1 rings (SSSR count). The number of carbonyl (C=O) groups is 1. The molecule has 13 heteroatoms. The van der Waals surface area contributed by atoms with Crippen LogP contribution in [0.15, 0.2) is 12.2 Å². The molecule has 6 unspecified atom stereocenters. The fraction of sp³-hybridized carbons (Fsp3) is 0.938. The Bertz CT molecular complexity index is 1060. The summed E-state index contributed by atoms with van der Waals surface area (Å²) in [7, 11) is -5.01. The van der Waals surface area contributed by atoms with Gasteiger partial charge in [0.1, 0.15) is 42.7 Å². The summed E-state index contributed by atoms with van der Waals surface area (Å²) >= 11 is 0. The molecule has 61 heavy (non-hydrogen) atoms. The molecule has 0 aromatic heterocycles. The molecule has 362 valence electrons. The molecule has 0 radical (unpaired) electrons. The Hall–Kier alpha value is -0.920. The van der Waals surface area contributed by atoms with Gasteiger partial charge >= 0.3 is 13.8 Å². The minimum absolute atomic E-state index is 0.0730. The Labute approximate surface area is 371 Å². The van der Waals surface area contributed by atoms with Crippen LogP contribution in [-0.4, -0.2) is 98.9 Å². The summed E-state index contributed by atoms with van der Waals surface area (Å²) in [6, 6.07) is 0. The third-order valence-corrected chi connectivity index (χ3v) is 12.9. The number of rotatable bonds is 43. The average Bonchev–Trinajstić information content (AvgIpc) is 3.24.